The highest BCUT2D eigenvalue weighted by Gasteiger charge is 2.00. The molecule has 0 unspecified atom stereocenters. The lowest BCUT2D eigenvalue weighted by Crippen LogP contribution is -2.13. The van der Waals surface area contributed by atoms with E-state index in [4.69, 9.17) is 32.2 Å². The van der Waals surface area contributed by atoms with Crippen LogP contribution in [0.5, 0.6) is 5.88 Å². The van der Waals surface area contributed by atoms with Gasteiger partial charge in [0.05, 0.1) is 6.61 Å². The van der Waals surface area contributed by atoms with Crippen LogP contribution >= 0.6 is 12.2 Å². The molecule has 0 saturated heterocycles. The van der Waals surface area contributed by atoms with Gasteiger partial charge in [0.15, 0.2) is 0 Å². The van der Waals surface area contributed by atoms with Gasteiger partial charge < -0.3 is 19.9 Å². The third-order valence-electron chi connectivity index (χ3n) is 2.09. The standard InChI is InChI=1S/C12H18N2O3S/c1-15-6-3-7-16-8-9-17-11-5-2-4-10(14-11)12(13)18/h2,4-5H,3,6-9H2,1H3,(H2,13,18). The second-order valence-electron chi connectivity index (χ2n) is 3.53. The monoisotopic (exact) mass is 270 g/mol. The highest BCUT2D eigenvalue weighted by Crippen LogP contribution is 2.07. The van der Waals surface area contributed by atoms with Crippen molar-refractivity contribution in [3.63, 3.8) is 0 Å². The smallest absolute Gasteiger partial charge is 0.213 e. The van der Waals surface area contributed by atoms with Gasteiger partial charge in [0.2, 0.25) is 5.88 Å². The Bertz CT molecular complexity index is 374. The molecule has 1 rings (SSSR count). The number of thiocarbonyl (C=S) groups is 1. The summed E-state index contributed by atoms with van der Waals surface area (Å²) in [7, 11) is 1.67. The van der Waals surface area contributed by atoms with Gasteiger partial charge in [-0.3, -0.25) is 0 Å². The molecule has 0 aliphatic heterocycles. The normalized spacial score (nSPS) is 10.3. The number of rotatable bonds is 9. The van der Waals surface area contributed by atoms with Gasteiger partial charge in [0, 0.05) is 26.4 Å². The van der Waals surface area contributed by atoms with Gasteiger partial charge in [-0.1, -0.05) is 18.3 Å². The van der Waals surface area contributed by atoms with Crippen molar-refractivity contribution in [2.24, 2.45) is 5.73 Å². The summed E-state index contributed by atoms with van der Waals surface area (Å²) in [5.41, 5.74) is 6.04. The Labute approximate surface area is 112 Å². The Balaban J connectivity index is 2.19. The lowest BCUT2D eigenvalue weighted by molar-refractivity contribution is 0.0795. The van der Waals surface area contributed by atoms with Crippen LogP contribution in [0.25, 0.3) is 0 Å². The Morgan fingerprint density at radius 2 is 2.11 bits per heavy atom. The van der Waals surface area contributed by atoms with E-state index >= 15 is 0 Å². The van der Waals surface area contributed by atoms with E-state index in [9.17, 15) is 0 Å². The summed E-state index contributed by atoms with van der Waals surface area (Å²) in [5.74, 6) is 0.501. The number of methoxy groups -OCH3 is 1. The molecular weight excluding hydrogens is 252 g/mol. The highest BCUT2D eigenvalue weighted by atomic mass is 32.1. The number of aromatic nitrogens is 1. The van der Waals surface area contributed by atoms with E-state index in [-0.39, 0.29) is 4.99 Å². The average Bonchev–Trinajstić information content (AvgIpc) is 2.38. The van der Waals surface area contributed by atoms with Gasteiger partial charge in [-0.25, -0.2) is 4.98 Å². The Morgan fingerprint density at radius 1 is 1.28 bits per heavy atom. The second kappa shape index (κ2) is 8.79. The van der Waals surface area contributed by atoms with Crippen molar-refractivity contribution in [1.29, 1.82) is 0 Å². The molecule has 0 saturated carbocycles. The minimum atomic E-state index is 0.260. The molecule has 0 amide bonds. The van der Waals surface area contributed by atoms with Crippen LogP contribution in [-0.2, 0) is 9.47 Å². The van der Waals surface area contributed by atoms with E-state index in [1.165, 1.54) is 0 Å². The minimum Gasteiger partial charge on any atom is -0.475 e. The Kier molecular flexibility index (Phi) is 7.24. The number of nitrogens with zero attached hydrogens (tertiary/aromatic N) is 1. The molecule has 0 aliphatic rings. The van der Waals surface area contributed by atoms with E-state index in [1.54, 1.807) is 25.3 Å². The van der Waals surface area contributed by atoms with Crippen molar-refractivity contribution in [3.05, 3.63) is 23.9 Å². The van der Waals surface area contributed by atoms with Crippen LogP contribution in [0.15, 0.2) is 18.2 Å². The molecule has 0 radical (unpaired) electrons. The fourth-order valence-corrected chi connectivity index (χ4v) is 1.36. The van der Waals surface area contributed by atoms with Crippen molar-refractivity contribution in [2.45, 2.75) is 6.42 Å². The van der Waals surface area contributed by atoms with Crippen molar-refractivity contribution in [3.8, 4) is 5.88 Å². The summed E-state index contributed by atoms with van der Waals surface area (Å²) in [6, 6.07) is 5.30. The maximum absolute atomic E-state index is 5.48. The molecule has 1 heterocycles. The summed E-state index contributed by atoms with van der Waals surface area (Å²) >= 11 is 4.84. The van der Waals surface area contributed by atoms with E-state index in [0.717, 1.165) is 6.42 Å². The summed E-state index contributed by atoms with van der Waals surface area (Å²) in [6.07, 6.45) is 0.881. The summed E-state index contributed by atoms with van der Waals surface area (Å²) in [4.78, 5) is 4.42. The zero-order chi connectivity index (χ0) is 13.2. The fraction of sp³-hybridized carbons (Fsp3) is 0.500. The van der Waals surface area contributed by atoms with E-state index in [0.29, 0.717) is 38.0 Å². The number of hydrogen-bond acceptors (Lipinski definition) is 5. The molecule has 1 aromatic heterocycles. The SMILES string of the molecule is COCCCOCCOc1cccc(C(N)=S)n1. The second-order valence-corrected chi connectivity index (χ2v) is 3.97. The fourth-order valence-electron chi connectivity index (χ4n) is 1.24. The topological polar surface area (TPSA) is 66.6 Å². The number of nitrogens with two attached hydrogens (primary N) is 1. The summed E-state index contributed by atoms with van der Waals surface area (Å²) in [5, 5.41) is 0. The first-order valence-electron chi connectivity index (χ1n) is 5.70. The van der Waals surface area contributed by atoms with E-state index < -0.39 is 0 Å². The van der Waals surface area contributed by atoms with Crippen molar-refractivity contribution >= 4 is 17.2 Å². The molecule has 2 N–H and O–H groups in total. The zero-order valence-electron chi connectivity index (χ0n) is 10.4. The van der Waals surface area contributed by atoms with E-state index in [1.807, 2.05) is 0 Å². The zero-order valence-corrected chi connectivity index (χ0v) is 11.2. The molecular formula is C12H18N2O3S. The quantitative estimate of drug-likeness (QED) is 0.536. The van der Waals surface area contributed by atoms with Crippen molar-refractivity contribution in [2.75, 3.05) is 33.5 Å². The maximum Gasteiger partial charge on any atom is 0.213 e. The van der Waals surface area contributed by atoms with Crippen LogP contribution in [0.4, 0.5) is 0 Å². The maximum atomic E-state index is 5.48. The van der Waals surface area contributed by atoms with Gasteiger partial charge in [-0.15, -0.1) is 0 Å². The largest absolute Gasteiger partial charge is 0.475 e. The predicted octanol–water partition coefficient (Wildman–Crippen LogP) is 1.15. The lowest BCUT2D eigenvalue weighted by atomic mass is 10.3. The predicted molar refractivity (Wildman–Crippen MR) is 72.9 cm³/mol. The molecule has 18 heavy (non-hydrogen) atoms. The first kappa shape index (κ1) is 14.8. The molecule has 1 aromatic rings. The van der Waals surface area contributed by atoms with Crippen LogP contribution in [0, 0.1) is 0 Å². The number of pyridine rings is 1. The van der Waals surface area contributed by atoms with Crippen LogP contribution in [0.3, 0.4) is 0 Å². The van der Waals surface area contributed by atoms with Crippen LogP contribution in [-0.4, -0.2) is 43.5 Å². The minimum absolute atomic E-state index is 0.260. The Morgan fingerprint density at radius 3 is 2.83 bits per heavy atom. The summed E-state index contributed by atoms with van der Waals surface area (Å²) in [6.45, 7) is 2.33. The first-order valence-corrected chi connectivity index (χ1v) is 6.11. The first-order chi connectivity index (χ1) is 8.74. The average molecular weight is 270 g/mol. The van der Waals surface area contributed by atoms with Crippen LogP contribution < -0.4 is 10.5 Å². The van der Waals surface area contributed by atoms with Gasteiger partial charge in [0.1, 0.15) is 17.3 Å². The van der Waals surface area contributed by atoms with Gasteiger partial charge >= 0.3 is 0 Å². The number of ether oxygens (including phenoxy) is 3. The molecule has 0 aliphatic carbocycles. The molecule has 0 aromatic carbocycles. The van der Waals surface area contributed by atoms with Crippen molar-refractivity contribution in [1.82, 2.24) is 4.98 Å². The molecule has 100 valence electrons. The summed E-state index contributed by atoms with van der Waals surface area (Å²) < 4.78 is 15.7. The van der Waals surface area contributed by atoms with Crippen LogP contribution in [0.1, 0.15) is 12.1 Å². The molecule has 5 nitrogen and oxygen atoms in total. The molecule has 0 fully saturated rings. The van der Waals surface area contributed by atoms with Gasteiger partial charge in [-0.05, 0) is 12.5 Å². The molecule has 0 spiro atoms. The highest BCUT2D eigenvalue weighted by molar-refractivity contribution is 7.80. The lowest BCUT2D eigenvalue weighted by Gasteiger charge is -2.07. The molecule has 6 heteroatoms. The van der Waals surface area contributed by atoms with E-state index in [2.05, 4.69) is 4.98 Å². The number of hydrogen-bond donors (Lipinski definition) is 1. The molecule has 0 atom stereocenters. The third-order valence-corrected chi connectivity index (χ3v) is 2.30. The molecule has 0 bridgehead atoms. The van der Waals surface area contributed by atoms with Crippen molar-refractivity contribution < 1.29 is 14.2 Å². The third kappa shape index (κ3) is 5.90. The Hall–Kier alpha value is -1.24. The van der Waals surface area contributed by atoms with Gasteiger partial charge in [0.25, 0.3) is 0 Å². The van der Waals surface area contributed by atoms with Crippen LogP contribution in [0.2, 0.25) is 0 Å². The van der Waals surface area contributed by atoms with Gasteiger partial charge in [-0.2, -0.15) is 0 Å².